The minimum absolute atomic E-state index is 0.0428. The second-order valence-corrected chi connectivity index (χ2v) is 10.0. The molecule has 1 aliphatic rings. The summed E-state index contributed by atoms with van der Waals surface area (Å²) in [6.45, 7) is -0.191. The fourth-order valence-corrected chi connectivity index (χ4v) is 4.52. The van der Waals surface area contributed by atoms with Gasteiger partial charge in [0.25, 0.3) is 5.91 Å². The van der Waals surface area contributed by atoms with Crippen molar-refractivity contribution in [1.29, 1.82) is 0 Å². The van der Waals surface area contributed by atoms with Crippen LogP contribution in [0.5, 0.6) is 5.75 Å². The van der Waals surface area contributed by atoms with Gasteiger partial charge in [0.2, 0.25) is 5.91 Å². The fraction of sp³-hybridized carbons (Fsp3) is 0.323. The van der Waals surface area contributed by atoms with Crippen LogP contribution in [0.2, 0.25) is 0 Å². The van der Waals surface area contributed by atoms with E-state index in [-0.39, 0.29) is 43.7 Å². The number of carbonyl (C=O) groups excluding carboxylic acids is 3. The number of hydroxylamine groups is 2. The van der Waals surface area contributed by atoms with Crippen molar-refractivity contribution in [3.05, 3.63) is 90.1 Å². The zero-order valence-corrected chi connectivity index (χ0v) is 24.6. The van der Waals surface area contributed by atoms with E-state index in [1.807, 2.05) is 36.4 Å². The lowest BCUT2D eigenvalue weighted by Crippen LogP contribution is -2.49. The summed E-state index contributed by atoms with van der Waals surface area (Å²) in [6.07, 6.45) is 0.685. The molecule has 0 radical (unpaired) electrons. The van der Waals surface area contributed by atoms with Crippen LogP contribution in [0.1, 0.15) is 22.3 Å². The summed E-state index contributed by atoms with van der Waals surface area (Å²) in [5.41, 5.74) is 0.964. The Morgan fingerprint density at radius 3 is 2.51 bits per heavy atom. The third-order valence-corrected chi connectivity index (χ3v) is 6.81. The molecule has 1 aliphatic heterocycles. The van der Waals surface area contributed by atoms with Crippen LogP contribution in [0.4, 0.5) is 10.6 Å². The van der Waals surface area contributed by atoms with Crippen molar-refractivity contribution < 1.29 is 43.3 Å². The van der Waals surface area contributed by atoms with Gasteiger partial charge in [-0.15, -0.1) is 5.06 Å². The van der Waals surface area contributed by atoms with Gasteiger partial charge in [0.15, 0.2) is 0 Å². The van der Waals surface area contributed by atoms with E-state index in [0.717, 1.165) is 5.56 Å². The second-order valence-electron chi connectivity index (χ2n) is 10.0. The number of para-hydroxylation sites is 1. The molecule has 2 aromatic carbocycles. The monoisotopic (exact) mass is 621 g/mol. The van der Waals surface area contributed by atoms with Gasteiger partial charge in [-0.1, -0.05) is 48.5 Å². The average Bonchev–Trinajstić information content (AvgIpc) is 3.45. The predicted octanol–water partition coefficient (Wildman–Crippen LogP) is 2.23. The largest absolute Gasteiger partial charge is 0.528 e. The van der Waals surface area contributed by atoms with E-state index in [0.29, 0.717) is 18.8 Å². The summed E-state index contributed by atoms with van der Waals surface area (Å²) < 4.78 is 16.2. The molecule has 2 amide bonds. The lowest BCUT2D eigenvalue weighted by Gasteiger charge is -2.22. The summed E-state index contributed by atoms with van der Waals surface area (Å²) in [4.78, 5) is 59.1. The van der Waals surface area contributed by atoms with Crippen molar-refractivity contribution in [3.8, 4) is 5.75 Å². The van der Waals surface area contributed by atoms with Gasteiger partial charge in [0.05, 0.1) is 31.4 Å². The van der Waals surface area contributed by atoms with Gasteiger partial charge in [-0.3, -0.25) is 9.59 Å². The SMILES string of the molecule is COc1ccccc1C(=O)NC(CNC(=O)COC1CC(CNc2ccccn2)N(OC(=O)OCc2ccccc2)C1)C(=O)O. The molecule has 0 saturated carbocycles. The molecule has 0 aliphatic carbocycles. The molecule has 4 rings (SSSR count). The molecule has 0 spiro atoms. The molecule has 14 nitrogen and oxygen atoms in total. The van der Waals surface area contributed by atoms with E-state index in [2.05, 4.69) is 20.9 Å². The third-order valence-electron chi connectivity index (χ3n) is 6.81. The molecular weight excluding hydrogens is 586 g/mol. The quantitative estimate of drug-likeness (QED) is 0.182. The number of rotatable bonds is 15. The summed E-state index contributed by atoms with van der Waals surface area (Å²) in [7, 11) is 1.40. The molecule has 238 valence electrons. The van der Waals surface area contributed by atoms with E-state index in [1.54, 1.807) is 36.5 Å². The molecule has 1 saturated heterocycles. The molecule has 3 aromatic rings. The second kappa shape index (κ2) is 16.6. The van der Waals surface area contributed by atoms with Crippen LogP contribution in [0.25, 0.3) is 0 Å². The molecule has 1 fully saturated rings. The van der Waals surface area contributed by atoms with Crippen molar-refractivity contribution in [1.82, 2.24) is 20.7 Å². The van der Waals surface area contributed by atoms with Crippen molar-refractivity contribution in [2.24, 2.45) is 0 Å². The number of pyridine rings is 1. The first-order chi connectivity index (χ1) is 21.8. The Kier molecular flexibility index (Phi) is 12.1. The maximum Gasteiger partial charge on any atom is 0.528 e. The lowest BCUT2D eigenvalue weighted by molar-refractivity contribution is -0.143. The highest BCUT2D eigenvalue weighted by Gasteiger charge is 2.36. The highest BCUT2D eigenvalue weighted by Crippen LogP contribution is 2.22. The number of ether oxygens (including phenoxy) is 3. The normalized spacial score (nSPS) is 16.6. The van der Waals surface area contributed by atoms with Gasteiger partial charge in [0, 0.05) is 19.3 Å². The smallest absolute Gasteiger partial charge is 0.496 e. The van der Waals surface area contributed by atoms with E-state index in [9.17, 15) is 24.3 Å². The topological polar surface area (TPSA) is 178 Å². The first kappa shape index (κ1) is 32.7. The number of carboxylic acid groups (broad SMARTS) is 1. The first-order valence-corrected chi connectivity index (χ1v) is 14.2. The summed E-state index contributed by atoms with van der Waals surface area (Å²) >= 11 is 0. The van der Waals surface area contributed by atoms with Crippen molar-refractivity contribution in [2.75, 3.05) is 38.7 Å². The highest BCUT2D eigenvalue weighted by molar-refractivity contribution is 5.99. The standard InChI is InChI=1S/C31H35N5O9/c1-42-26-12-6-5-11-24(26)29(38)35-25(30(39)40)17-34-28(37)20-43-23-15-22(16-33-27-13-7-8-14-32-27)36(18-23)45-31(41)44-19-21-9-3-2-4-10-21/h2-14,22-23,25H,15-20H2,1H3,(H,32,33)(H,34,37)(H,35,38)(H,39,40). The number of amides is 2. The Morgan fingerprint density at radius 1 is 1.02 bits per heavy atom. The number of nitrogens with one attached hydrogen (secondary N) is 3. The lowest BCUT2D eigenvalue weighted by atomic mass is 10.1. The molecule has 45 heavy (non-hydrogen) atoms. The Hall–Kier alpha value is -5.21. The Morgan fingerprint density at radius 2 is 1.78 bits per heavy atom. The number of aromatic nitrogens is 1. The van der Waals surface area contributed by atoms with Crippen LogP contribution in [0, 0.1) is 0 Å². The average molecular weight is 622 g/mol. The van der Waals surface area contributed by atoms with Crippen molar-refractivity contribution in [3.63, 3.8) is 0 Å². The zero-order chi connectivity index (χ0) is 32.0. The van der Waals surface area contributed by atoms with Crippen LogP contribution >= 0.6 is 0 Å². The summed E-state index contributed by atoms with van der Waals surface area (Å²) in [6, 6.07) is 19.3. The Bertz CT molecular complexity index is 1430. The van der Waals surface area contributed by atoms with Crippen LogP contribution in [-0.2, 0) is 30.5 Å². The minimum atomic E-state index is -1.40. The molecule has 14 heteroatoms. The third kappa shape index (κ3) is 10.2. The highest BCUT2D eigenvalue weighted by atomic mass is 16.8. The predicted molar refractivity (Wildman–Crippen MR) is 160 cm³/mol. The number of carbonyl (C=O) groups is 4. The molecule has 3 atom stereocenters. The van der Waals surface area contributed by atoms with Gasteiger partial charge < -0.3 is 40.1 Å². The maximum atomic E-state index is 12.6. The summed E-state index contributed by atoms with van der Waals surface area (Å²) in [5.74, 6) is -1.66. The first-order valence-electron chi connectivity index (χ1n) is 14.2. The number of benzene rings is 2. The summed E-state index contributed by atoms with van der Waals surface area (Å²) in [5, 5.41) is 19.1. The minimum Gasteiger partial charge on any atom is -0.496 e. The van der Waals surface area contributed by atoms with Crippen molar-refractivity contribution in [2.45, 2.75) is 31.2 Å². The van der Waals surface area contributed by atoms with Gasteiger partial charge >= 0.3 is 12.1 Å². The molecule has 1 aromatic heterocycles. The van der Waals surface area contributed by atoms with Gasteiger partial charge in [-0.05, 0) is 36.2 Å². The maximum absolute atomic E-state index is 12.6. The number of methoxy groups -OCH3 is 1. The van der Waals surface area contributed by atoms with Crippen LogP contribution < -0.4 is 20.7 Å². The molecular formula is C31H35N5O9. The zero-order valence-electron chi connectivity index (χ0n) is 24.6. The van der Waals surface area contributed by atoms with Gasteiger partial charge in [-0.2, -0.15) is 0 Å². The Balaban J connectivity index is 1.27. The Labute approximate surface area is 259 Å². The molecule has 0 bridgehead atoms. The van der Waals surface area contributed by atoms with Crippen LogP contribution in [0.15, 0.2) is 79.0 Å². The molecule has 3 unspecified atom stereocenters. The number of hydrogen-bond donors (Lipinski definition) is 4. The number of nitrogens with zero attached hydrogens (tertiary/aromatic N) is 2. The van der Waals surface area contributed by atoms with E-state index in [4.69, 9.17) is 19.0 Å². The van der Waals surface area contributed by atoms with E-state index in [1.165, 1.54) is 18.2 Å². The van der Waals surface area contributed by atoms with E-state index >= 15 is 0 Å². The number of carboxylic acids is 1. The molecule has 2 heterocycles. The van der Waals surface area contributed by atoms with Crippen LogP contribution in [0.3, 0.4) is 0 Å². The number of hydrogen-bond acceptors (Lipinski definition) is 11. The molecule has 4 N–H and O–H groups in total. The number of anilines is 1. The van der Waals surface area contributed by atoms with E-state index < -0.39 is 36.1 Å². The van der Waals surface area contributed by atoms with Gasteiger partial charge in [-0.25, -0.2) is 14.6 Å². The van der Waals surface area contributed by atoms with Gasteiger partial charge in [0.1, 0.15) is 30.8 Å². The number of aliphatic carboxylic acids is 1. The fourth-order valence-electron chi connectivity index (χ4n) is 4.52. The van der Waals surface area contributed by atoms with Crippen molar-refractivity contribution >= 4 is 29.8 Å². The van der Waals surface area contributed by atoms with Crippen LogP contribution in [-0.4, -0.2) is 90.6 Å².